The molecular formula is C15H19N3O5S. The van der Waals surface area contributed by atoms with Crippen molar-refractivity contribution in [3.05, 3.63) is 22.4 Å². The lowest BCUT2D eigenvalue weighted by atomic mass is 10.2. The molecule has 0 aromatic carbocycles. The van der Waals surface area contributed by atoms with Crippen LogP contribution in [0.4, 0.5) is 4.79 Å². The molecule has 8 nitrogen and oxygen atoms in total. The van der Waals surface area contributed by atoms with Crippen LogP contribution in [0.5, 0.6) is 0 Å². The Bertz CT molecular complexity index is 596. The maximum absolute atomic E-state index is 11.6. The number of thiophene rings is 1. The number of ether oxygens (including phenoxy) is 1. The van der Waals surface area contributed by atoms with Crippen molar-refractivity contribution in [1.29, 1.82) is 0 Å². The van der Waals surface area contributed by atoms with Gasteiger partial charge in [0, 0.05) is 6.04 Å². The highest BCUT2D eigenvalue weighted by molar-refractivity contribution is 7.12. The number of hydrogen-bond acceptors (Lipinski definition) is 6. The lowest BCUT2D eigenvalue weighted by Crippen LogP contribution is -2.45. The van der Waals surface area contributed by atoms with Crippen LogP contribution < -0.4 is 16.0 Å². The van der Waals surface area contributed by atoms with Gasteiger partial charge >= 0.3 is 12.0 Å². The molecule has 1 heterocycles. The molecule has 0 bridgehead atoms. The molecule has 1 aromatic heterocycles. The first-order valence-corrected chi connectivity index (χ1v) is 8.50. The highest BCUT2D eigenvalue weighted by Crippen LogP contribution is 2.17. The Morgan fingerprint density at radius 2 is 1.96 bits per heavy atom. The normalized spacial score (nSPS) is 14.0. The van der Waals surface area contributed by atoms with E-state index in [-0.39, 0.29) is 18.5 Å². The van der Waals surface area contributed by atoms with Crippen molar-refractivity contribution in [2.75, 3.05) is 13.2 Å². The van der Waals surface area contributed by atoms with E-state index in [1.54, 1.807) is 17.5 Å². The molecule has 1 aromatic rings. The minimum absolute atomic E-state index is 0.0906. The molecule has 0 spiro atoms. The van der Waals surface area contributed by atoms with Crippen molar-refractivity contribution < 1.29 is 23.9 Å². The van der Waals surface area contributed by atoms with Crippen LogP contribution in [0.1, 0.15) is 35.4 Å². The van der Waals surface area contributed by atoms with E-state index in [0.717, 1.165) is 25.7 Å². The van der Waals surface area contributed by atoms with Crippen molar-refractivity contribution in [3.8, 4) is 0 Å². The Hall–Kier alpha value is -2.42. The first-order chi connectivity index (χ1) is 11.5. The zero-order valence-corrected chi connectivity index (χ0v) is 13.8. The standard InChI is InChI=1S/C15H19N3O5S/c19-12(18-15(22)17-10-4-1-2-5-10)9-23-13(20)8-16-14(21)11-6-3-7-24-11/h3,6-7,10H,1-2,4-5,8-9H2,(H,16,21)(H2,17,18,19,22). The van der Waals surface area contributed by atoms with Crippen LogP contribution in [0.2, 0.25) is 0 Å². The highest BCUT2D eigenvalue weighted by atomic mass is 32.1. The van der Waals surface area contributed by atoms with Crippen LogP contribution in [-0.2, 0) is 14.3 Å². The molecule has 2 rings (SSSR count). The summed E-state index contributed by atoms with van der Waals surface area (Å²) >= 11 is 1.25. The van der Waals surface area contributed by atoms with Crippen molar-refractivity contribution in [1.82, 2.24) is 16.0 Å². The molecule has 0 radical (unpaired) electrons. The molecule has 0 aliphatic heterocycles. The predicted octanol–water partition coefficient (Wildman–Crippen LogP) is 0.789. The summed E-state index contributed by atoms with van der Waals surface area (Å²) in [7, 11) is 0. The van der Waals surface area contributed by atoms with Gasteiger partial charge in [-0.15, -0.1) is 11.3 Å². The number of nitrogens with one attached hydrogen (secondary N) is 3. The molecular weight excluding hydrogens is 334 g/mol. The number of amides is 4. The Morgan fingerprint density at radius 3 is 2.62 bits per heavy atom. The molecule has 1 saturated carbocycles. The zero-order valence-electron chi connectivity index (χ0n) is 13.0. The summed E-state index contributed by atoms with van der Waals surface area (Å²) in [5.41, 5.74) is 0. The number of carbonyl (C=O) groups is 4. The number of imide groups is 1. The Balaban J connectivity index is 1.59. The monoisotopic (exact) mass is 353 g/mol. The van der Waals surface area contributed by atoms with Crippen LogP contribution in [-0.4, -0.2) is 43.0 Å². The SMILES string of the molecule is O=C(COC(=O)CNC(=O)c1cccs1)NC(=O)NC1CCCC1. The second kappa shape index (κ2) is 9.02. The number of esters is 1. The van der Waals surface area contributed by atoms with Crippen LogP contribution in [0.15, 0.2) is 17.5 Å². The van der Waals surface area contributed by atoms with Crippen molar-refractivity contribution in [2.45, 2.75) is 31.7 Å². The van der Waals surface area contributed by atoms with E-state index in [1.165, 1.54) is 11.3 Å². The maximum atomic E-state index is 11.6. The van der Waals surface area contributed by atoms with Crippen LogP contribution in [0.25, 0.3) is 0 Å². The van der Waals surface area contributed by atoms with Gasteiger partial charge in [-0.1, -0.05) is 18.9 Å². The van der Waals surface area contributed by atoms with Crippen LogP contribution in [0, 0.1) is 0 Å². The molecule has 3 N–H and O–H groups in total. The number of urea groups is 1. The molecule has 1 aliphatic rings. The highest BCUT2D eigenvalue weighted by Gasteiger charge is 2.18. The van der Waals surface area contributed by atoms with E-state index in [4.69, 9.17) is 4.74 Å². The summed E-state index contributed by atoms with van der Waals surface area (Å²) in [4.78, 5) is 46.6. The van der Waals surface area contributed by atoms with Crippen LogP contribution >= 0.6 is 11.3 Å². The third kappa shape index (κ3) is 5.99. The van der Waals surface area contributed by atoms with Gasteiger partial charge in [0.25, 0.3) is 11.8 Å². The molecule has 130 valence electrons. The molecule has 1 fully saturated rings. The van der Waals surface area contributed by atoms with Gasteiger partial charge in [-0.05, 0) is 24.3 Å². The van der Waals surface area contributed by atoms with E-state index in [1.807, 2.05) is 0 Å². The summed E-state index contributed by atoms with van der Waals surface area (Å²) in [5, 5.41) is 8.91. The summed E-state index contributed by atoms with van der Waals surface area (Å²) in [6.07, 6.45) is 3.93. The van der Waals surface area contributed by atoms with Gasteiger partial charge in [0.15, 0.2) is 6.61 Å². The molecule has 0 saturated heterocycles. The second-order valence-electron chi connectivity index (χ2n) is 5.32. The maximum Gasteiger partial charge on any atom is 0.325 e. The van der Waals surface area contributed by atoms with E-state index in [9.17, 15) is 19.2 Å². The fourth-order valence-electron chi connectivity index (χ4n) is 2.30. The smallest absolute Gasteiger partial charge is 0.325 e. The molecule has 4 amide bonds. The first kappa shape index (κ1) is 17.9. The molecule has 9 heteroatoms. The quantitative estimate of drug-likeness (QED) is 0.654. The van der Waals surface area contributed by atoms with E-state index < -0.39 is 24.5 Å². The Labute approximate surface area is 142 Å². The number of carbonyl (C=O) groups excluding carboxylic acids is 4. The zero-order chi connectivity index (χ0) is 17.4. The average Bonchev–Trinajstić information content (AvgIpc) is 3.23. The number of hydrogen-bond donors (Lipinski definition) is 3. The van der Waals surface area contributed by atoms with E-state index in [0.29, 0.717) is 4.88 Å². The summed E-state index contributed by atoms with van der Waals surface area (Å²) in [5.74, 6) is -1.86. The van der Waals surface area contributed by atoms with Crippen molar-refractivity contribution in [2.24, 2.45) is 0 Å². The van der Waals surface area contributed by atoms with Gasteiger partial charge in [-0.3, -0.25) is 19.7 Å². The van der Waals surface area contributed by atoms with Gasteiger partial charge < -0.3 is 15.4 Å². The minimum Gasteiger partial charge on any atom is -0.454 e. The average molecular weight is 353 g/mol. The van der Waals surface area contributed by atoms with Crippen molar-refractivity contribution >= 4 is 35.2 Å². The molecule has 1 aliphatic carbocycles. The molecule has 0 atom stereocenters. The van der Waals surface area contributed by atoms with Gasteiger partial charge in [0.1, 0.15) is 6.54 Å². The summed E-state index contributed by atoms with van der Waals surface area (Å²) < 4.78 is 4.70. The van der Waals surface area contributed by atoms with Gasteiger partial charge in [-0.2, -0.15) is 0 Å². The molecule has 24 heavy (non-hydrogen) atoms. The minimum atomic E-state index is -0.758. The largest absolute Gasteiger partial charge is 0.454 e. The van der Waals surface area contributed by atoms with E-state index in [2.05, 4.69) is 16.0 Å². The molecule has 0 unspecified atom stereocenters. The number of rotatable bonds is 6. The van der Waals surface area contributed by atoms with E-state index >= 15 is 0 Å². The van der Waals surface area contributed by atoms with Gasteiger partial charge in [-0.25, -0.2) is 4.79 Å². The van der Waals surface area contributed by atoms with Crippen LogP contribution in [0.3, 0.4) is 0 Å². The third-order valence-corrected chi connectivity index (χ3v) is 4.31. The van der Waals surface area contributed by atoms with Gasteiger partial charge in [0.05, 0.1) is 4.88 Å². The fourth-order valence-corrected chi connectivity index (χ4v) is 2.94. The second-order valence-corrected chi connectivity index (χ2v) is 6.27. The topological polar surface area (TPSA) is 114 Å². The fraction of sp³-hybridized carbons (Fsp3) is 0.467. The van der Waals surface area contributed by atoms with Gasteiger partial charge in [0.2, 0.25) is 0 Å². The summed E-state index contributed by atoms with van der Waals surface area (Å²) in [6.45, 7) is -0.927. The predicted molar refractivity (Wildman–Crippen MR) is 86.5 cm³/mol. The lowest BCUT2D eigenvalue weighted by Gasteiger charge is -2.12. The Kier molecular flexibility index (Phi) is 6.74. The Morgan fingerprint density at radius 1 is 1.21 bits per heavy atom. The first-order valence-electron chi connectivity index (χ1n) is 7.62. The summed E-state index contributed by atoms with van der Waals surface area (Å²) in [6, 6.07) is 2.85. The third-order valence-electron chi connectivity index (χ3n) is 3.45. The lowest BCUT2D eigenvalue weighted by molar-refractivity contribution is -0.147. The van der Waals surface area contributed by atoms with Crippen molar-refractivity contribution in [3.63, 3.8) is 0 Å².